The minimum absolute atomic E-state index is 0.0373. The Morgan fingerprint density at radius 3 is 2.77 bits per heavy atom. The third kappa shape index (κ3) is 3.08. The molecule has 3 rings (SSSR count). The monoisotopic (exact) mass is 376 g/mol. The van der Waals surface area contributed by atoms with Gasteiger partial charge in [-0.25, -0.2) is 0 Å². The summed E-state index contributed by atoms with van der Waals surface area (Å²) in [5.41, 5.74) is 2.54. The smallest absolute Gasteiger partial charge is 0.194 e. The first-order chi connectivity index (χ1) is 10.7. The van der Waals surface area contributed by atoms with Crippen LogP contribution in [-0.2, 0) is 6.42 Å². The summed E-state index contributed by atoms with van der Waals surface area (Å²) in [4.78, 5) is 16.7. The van der Waals surface area contributed by atoms with Gasteiger partial charge in [0.25, 0.3) is 0 Å². The Bertz CT molecular complexity index is 731. The van der Waals surface area contributed by atoms with E-state index in [1.807, 2.05) is 30.3 Å². The van der Waals surface area contributed by atoms with Crippen molar-refractivity contribution < 1.29 is 4.79 Å². The molecule has 0 aromatic heterocycles. The number of nitrogens with one attached hydrogen (secondary N) is 1. The molecule has 1 heterocycles. The highest BCUT2D eigenvalue weighted by molar-refractivity contribution is 9.10. The molecular formula is C17H14BrClN2O. The Morgan fingerprint density at radius 1 is 1.23 bits per heavy atom. The standard InChI is InChI=1S/C17H14BrClN2O/c18-12-6-7-13-15(16(12)19)17(22)14(21-13)10-20-9-8-11-4-2-1-3-5-11/h1-7,10,14,21H,8-9H2. The third-order valence-corrected chi connectivity index (χ3v) is 4.84. The molecule has 0 radical (unpaired) electrons. The van der Waals surface area contributed by atoms with Gasteiger partial charge in [-0.3, -0.25) is 9.79 Å². The number of hydrogen-bond donors (Lipinski definition) is 1. The molecule has 0 saturated carbocycles. The summed E-state index contributed by atoms with van der Waals surface area (Å²) in [5.74, 6) is -0.0373. The maximum Gasteiger partial charge on any atom is 0.194 e. The Kier molecular flexibility index (Phi) is 4.60. The average Bonchev–Trinajstić information content (AvgIpc) is 2.85. The second kappa shape index (κ2) is 6.63. The highest BCUT2D eigenvalue weighted by atomic mass is 79.9. The summed E-state index contributed by atoms with van der Waals surface area (Å²) >= 11 is 9.53. The molecule has 0 fully saturated rings. The summed E-state index contributed by atoms with van der Waals surface area (Å²) in [6.45, 7) is 0.656. The predicted molar refractivity (Wildman–Crippen MR) is 94.4 cm³/mol. The molecule has 5 heteroatoms. The number of fused-ring (bicyclic) bond motifs is 1. The summed E-state index contributed by atoms with van der Waals surface area (Å²) in [5, 5.41) is 3.60. The number of Topliss-reactive ketones (excluding diaryl/α,β-unsaturated/α-hetero) is 1. The van der Waals surface area contributed by atoms with Crippen LogP contribution in [-0.4, -0.2) is 24.6 Å². The number of carbonyl (C=O) groups excluding carboxylic acids is 1. The van der Waals surface area contributed by atoms with Crippen molar-refractivity contribution in [1.29, 1.82) is 0 Å². The molecule has 0 aliphatic carbocycles. The molecule has 0 bridgehead atoms. The number of carbonyl (C=O) groups is 1. The molecule has 22 heavy (non-hydrogen) atoms. The summed E-state index contributed by atoms with van der Waals surface area (Å²) < 4.78 is 0.727. The maximum atomic E-state index is 12.4. The van der Waals surface area contributed by atoms with Crippen molar-refractivity contribution in [3.63, 3.8) is 0 Å². The van der Waals surface area contributed by atoms with Crippen LogP contribution in [0.15, 0.2) is 51.9 Å². The normalized spacial score (nSPS) is 16.8. The largest absolute Gasteiger partial charge is 0.370 e. The highest BCUT2D eigenvalue weighted by Crippen LogP contribution is 2.36. The fourth-order valence-electron chi connectivity index (χ4n) is 2.42. The third-order valence-electron chi connectivity index (χ3n) is 3.56. The van der Waals surface area contributed by atoms with Gasteiger partial charge in [0.1, 0.15) is 6.04 Å². The van der Waals surface area contributed by atoms with Gasteiger partial charge in [0.15, 0.2) is 5.78 Å². The topological polar surface area (TPSA) is 41.5 Å². The number of benzene rings is 2. The van der Waals surface area contributed by atoms with Crippen LogP contribution in [0.1, 0.15) is 15.9 Å². The van der Waals surface area contributed by atoms with E-state index in [1.165, 1.54) is 5.56 Å². The van der Waals surface area contributed by atoms with Crippen molar-refractivity contribution >= 4 is 45.2 Å². The van der Waals surface area contributed by atoms with E-state index in [-0.39, 0.29) is 5.78 Å². The van der Waals surface area contributed by atoms with Crippen LogP contribution in [0.25, 0.3) is 0 Å². The van der Waals surface area contributed by atoms with Crippen molar-refractivity contribution in [1.82, 2.24) is 0 Å². The number of nitrogens with zero attached hydrogens (tertiary/aromatic N) is 1. The van der Waals surface area contributed by atoms with Gasteiger partial charge in [-0.1, -0.05) is 41.9 Å². The zero-order chi connectivity index (χ0) is 15.5. The molecule has 0 saturated heterocycles. The lowest BCUT2D eigenvalue weighted by atomic mass is 10.1. The molecule has 2 aromatic rings. The fraction of sp³-hybridized carbons (Fsp3) is 0.176. The van der Waals surface area contributed by atoms with Crippen LogP contribution in [0.5, 0.6) is 0 Å². The SMILES string of the molecule is O=C1c2c(ccc(Br)c2Cl)NC1C=NCCc1ccccc1. The Morgan fingerprint density at radius 2 is 2.00 bits per heavy atom. The zero-order valence-corrected chi connectivity index (χ0v) is 14.1. The first-order valence-electron chi connectivity index (χ1n) is 6.99. The summed E-state index contributed by atoms with van der Waals surface area (Å²) in [6.07, 6.45) is 2.53. The van der Waals surface area contributed by atoms with E-state index < -0.39 is 6.04 Å². The Hall–Kier alpha value is -1.65. The van der Waals surface area contributed by atoms with Crippen LogP contribution in [0.2, 0.25) is 5.02 Å². The van der Waals surface area contributed by atoms with E-state index in [2.05, 4.69) is 38.4 Å². The molecule has 1 aliphatic rings. The van der Waals surface area contributed by atoms with Crippen LogP contribution in [0.4, 0.5) is 5.69 Å². The van der Waals surface area contributed by atoms with Crippen LogP contribution < -0.4 is 5.32 Å². The van der Waals surface area contributed by atoms with Crippen molar-refractivity contribution in [3.05, 3.63) is 63.1 Å². The highest BCUT2D eigenvalue weighted by Gasteiger charge is 2.31. The Balaban J connectivity index is 1.64. The quantitative estimate of drug-likeness (QED) is 0.803. The average molecular weight is 378 g/mol. The fourth-order valence-corrected chi connectivity index (χ4v) is 3.01. The molecule has 1 unspecified atom stereocenters. The van der Waals surface area contributed by atoms with Crippen molar-refractivity contribution in [2.45, 2.75) is 12.5 Å². The second-order valence-corrected chi connectivity index (χ2v) is 6.29. The number of anilines is 1. The van der Waals surface area contributed by atoms with Gasteiger partial charge in [-0.2, -0.15) is 0 Å². The second-order valence-electron chi connectivity index (χ2n) is 5.06. The van der Waals surface area contributed by atoms with Crippen molar-refractivity contribution in [2.75, 3.05) is 11.9 Å². The van der Waals surface area contributed by atoms with Crippen LogP contribution in [0, 0.1) is 0 Å². The van der Waals surface area contributed by atoms with E-state index in [9.17, 15) is 4.79 Å². The molecule has 112 valence electrons. The first-order valence-corrected chi connectivity index (χ1v) is 8.16. The molecule has 1 atom stereocenters. The van der Waals surface area contributed by atoms with Gasteiger partial charge >= 0.3 is 0 Å². The zero-order valence-electron chi connectivity index (χ0n) is 11.7. The minimum atomic E-state index is -0.433. The lowest BCUT2D eigenvalue weighted by Crippen LogP contribution is -2.24. The molecular weight excluding hydrogens is 364 g/mol. The number of rotatable bonds is 4. The van der Waals surface area contributed by atoms with Gasteiger partial charge in [0, 0.05) is 22.9 Å². The van der Waals surface area contributed by atoms with Crippen LogP contribution >= 0.6 is 27.5 Å². The molecule has 2 aromatic carbocycles. The van der Waals surface area contributed by atoms with Gasteiger partial charge in [-0.15, -0.1) is 0 Å². The summed E-state index contributed by atoms with van der Waals surface area (Å²) in [7, 11) is 0. The molecule has 1 N–H and O–H groups in total. The summed E-state index contributed by atoms with van der Waals surface area (Å²) in [6, 6.07) is 13.4. The predicted octanol–water partition coefficient (Wildman–Crippen LogP) is 4.39. The number of halogens is 2. The van der Waals surface area contributed by atoms with Gasteiger partial charge in [0.05, 0.1) is 10.6 Å². The van der Waals surface area contributed by atoms with Gasteiger partial charge in [0.2, 0.25) is 0 Å². The van der Waals surface area contributed by atoms with Crippen LogP contribution in [0.3, 0.4) is 0 Å². The lowest BCUT2D eigenvalue weighted by Gasteiger charge is -2.03. The van der Waals surface area contributed by atoms with Gasteiger partial charge < -0.3 is 5.32 Å². The minimum Gasteiger partial charge on any atom is -0.370 e. The van der Waals surface area contributed by atoms with E-state index in [0.29, 0.717) is 17.1 Å². The van der Waals surface area contributed by atoms with E-state index in [4.69, 9.17) is 11.6 Å². The molecule has 3 nitrogen and oxygen atoms in total. The van der Waals surface area contributed by atoms with Crippen molar-refractivity contribution in [2.24, 2.45) is 4.99 Å². The van der Waals surface area contributed by atoms with E-state index in [0.717, 1.165) is 16.6 Å². The first kappa shape index (κ1) is 15.3. The lowest BCUT2D eigenvalue weighted by molar-refractivity contribution is 0.1000. The van der Waals surface area contributed by atoms with E-state index in [1.54, 1.807) is 6.21 Å². The van der Waals surface area contributed by atoms with Gasteiger partial charge in [-0.05, 0) is 40.0 Å². The maximum absolute atomic E-state index is 12.4. The molecule has 0 amide bonds. The number of aliphatic imine (C=N–C) groups is 1. The molecule has 0 spiro atoms. The number of hydrogen-bond acceptors (Lipinski definition) is 3. The van der Waals surface area contributed by atoms with E-state index >= 15 is 0 Å². The molecule has 1 aliphatic heterocycles. The Labute approximate surface area is 142 Å². The van der Waals surface area contributed by atoms with Crippen molar-refractivity contribution in [3.8, 4) is 0 Å². The number of ketones is 1.